The van der Waals surface area contributed by atoms with Crippen LogP contribution < -0.4 is 10.6 Å². The molecule has 0 bridgehead atoms. The van der Waals surface area contributed by atoms with Crippen LogP contribution in [0, 0.1) is 5.82 Å². The topological polar surface area (TPSA) is 75.4 Å². The molecule has 28 heavy (non-hydrogen) atoms. The maximum Gasteiger partial charge on any atom is 0.239 e. The highest BCUT2D eigenvalue weighted by molar-refractivity contribution is 5.89. The van der Waals surface area contributed by atoms with Gasteiger partial charge in [-0.2, -0.15) is 0 Å². The summed E-state index contributed by atoms with van der Waals surface area (Å²) < 4.78 is 13.0. The third kappa shape index (κ3) is 3.80. The van der Waals surface area contributed by atoms with Crippen LogP contribution in [0.2, 0.25) is 0 Å². The standard InChI is InChI=1S/C21H22FN5O/c22-16-7-5-15(6-8-16)13-18(23)21(28)27-11-9-26(10-12-27)20-17-3-1-2-4-19(17)24-14-25-20/h1-8,14,18H,9-13,23H2/t18-/m1/s1. The predicted molar refractivity (Wildman–Crippen MR) is 106 cm³/mol. The molecular weight excluding hydrogens is 357 g/mol. The van der Waals surface area contributed by atoms with Crippen molar-refractivity contribution in [1.82, 2.24) is 14.9 Å². The molecule has 0 radical (unpaired) electrons. The number of hydrogen-bond donors (Lipinski definition) is 1. The van der Waals surface area contributed by atoms with Crippen LogP contribution in [0.4, 0.5) is 10.2 Å². The zero-order valence-electron chi connectivity index (χ0n) is 15.5. The number of hydrogen-bond acceptors (Lipinski definition) is 5. The molecule has 0 saturated carbocycles. The van der Waals surface area contributed by atoms with Gasteiger partial charge in [-0.1, -0.05) is 24.3 Å². The molecule has 1 aliphatic heterocycles. The number of halogens is 1. The molecule has 2 aromatic carbocycles. The molecule has 3 aromatic rings. The molecule has 6 nitrogen and oxygen atoms in total. The maximum absolute atomic E-state index is 13.0. The summed E-state index contributed by atoms with van der Waals surface area (Å²) in [6, 6.07) is 13.4. The molecule has 144 valence electrons. The lowest BCUT2D eigenvalue weighted by molar-refractivity contribution is -0.132. The van der Waals surface area contributed by atoms with Crippen molar-refractivity contribution in [2.75, 3.05) is 31.1 Å². The van der Waals surface area contributed by atoms with Gasteiger partial charge in [0.15, 0.2) is 0 Å². The largest absolute Gasteiger partial charge is 0.352 e. The van der Waals surface area contributed by atoms with Crippen molar-refractivity contribution in [2.45, 2.75) is 12.5 Å². The van der Waals surface area contributed by atoms with E-state index in [0.29, 0.717) is 32.6 Å². The van der Waals surface area contributed by atoms with Crippen molar-refractivity contribution >= 4 is 22.6 Å². The number of fused-ring (bicyclic) bond motifs is 1. The molecule has 1 amide bonds. The number of carbonyl (C=O) groups excluding carboxylic acids is 1. The van der Waals surface area contributed by atoms with Crippen LogP contribution in [-0.2, 0) is 11.2 Å². The van der Waals surface area contributed by atoms with Crippen LogP contribution >= 0.6 is 0 Å². The van der Waals surface area contributed by atoms with E-state index in [1.54, 1.807) is 23.4 Å². The van der Waals surface area contributed by atoms with E-state index in [9.17, 15) is 9.18 Å². The Labute approximate surface area is 162 Å². The lowest BCUT2D eigenvalue weighted by atomic mass is 10.1. The van der Waals surface area contributed by atoms with E-state index >= 15 is 0 Å². The summed E-state index contributed by atoms with van der Waals surface area (Å²) in [5.74, 6) is 0.529. The van der Waals surface area contributed by atoms with Gasteiger partial charge in [-0.05, 0) is 36.2 Å². The first-order chi connectivity index (χ1) is 13.6. The summed E-state index contributed by atoms with van der Waals surface area (Å²) in [4.78, 5) is 25.4. The molecule has 4 rings (SSSR count). The maximum atomic E-state index is 13.0. The Bertz CT molecular complexity index is 965. The average molecular weight is 379 g/mol. The van der Waals surface area contributed by atoms with Gasteiger partial charge in [0.05, 0.1) is 11.6 Å². The number of amides is 1. The molecule has 1 saturated heterocycles. The summed E-state index contributed by atoms with van der Waals surface area (Å²) >= 11 is 0. The molecule has 0 unspecified atom stereocenters. The zero-order chi connectivity index (χ0) is 19.5. The van der Waals surface area contributed by atoms with E-state index in [4.69, 9.17) is 5.73 Å². The summed E-state index contributed by atoms with van der Waals surface area (Å²) in [5.41, 5.74) is 7.88. The van der Waals surface area contributed by atoms with Crippen LogP contribution in [0.15, 0.2) is 54.9 Å². The molecule has 2 N–H and O–H groups in total. The minimum Gasteiger partial charge on any atom is -0.352 e. The quantitative estimate of drug-likeness (QED) is 0.750. The SMILES string of the molecule is N[C@H](Cc1ccc(F)cc1)C(=O)N1CCN(c2ncnc3ccccc23)CC1. The monoisotopic (exact) mass is 379 g/mol. The highest BCUT2D eigenvalue weighted by Crippen LogP contribution is 2.23. The normalized spacial score (nSPS) is 15.6. The van der Waals surface area contributed by atoms with Crippen molar-refractivity contribution < 1.29 is 9.18 Å². The number of para-hydroxylation sites is 1. The first-order valence-corrected chi connectivity index (χ1v) is 9.35. The van der Waals surface area contributed by atoms with Crippen molar-refractivity contribution in [3.8, 4) is 0 Å². The fourth-order valence-electron chi connectivity index (χ4n) is 3.58. The fourth-order valence-corrected chi connectivity index (χ4v) is 3.58. The highest BCUT2D eigenvalue weighted by atomic mass is 19.1. The smallest absolute Gasteiger partial charge is 0.239 e. The van der Waals surface area contributed by atoms with Gasteiger partial charge in [-0.3, -0.25) is 4.79 Å². The van der Waals surface area contributed by atoms with Gasteiger partial charge in [-0.15, -0.1) is 0 Å². The number of nitrogens with two attached hydrogens (primary N) is 1. The molecule has 1 aromatic heterocycles. The molecule has 1 atom stereocenters. The van der Waals surface area contributed by atoms with Crippen molar-refractivity contribution in [3.05, 3.63) is 66.2 Å². The number of aromatic nitrogens is 2. The predicted octanol–water partition coefficient (Wildman–Crippen LogP) is 1.99. The van der Waals surface area contributed by atoms with E-state index in [2.05, 4.69) is 14.9 Å². The number of rotatable bonds is 4. The van der Waals surface area contributed by atoms with Crippen LogP contribution in [0.3, 0.4) is 0 Å². The first-order valence-electron chi connectivity index (χ1n) is 9.35. The average Bonchev–Trinajstić information content (AvgIpc) is 2.74. The van der Waals surface area contributed by atoms with Crippen LogP contribution in [0.1, 0.15) is 5.56 Å². The lowest BCUT2D eigenvalue weighted by Crippen LogP contribution is -2.53. The second kappa shape index (κ2) is 7.90. The second-order valence-electron chi connectivity index (χ2n) is 6.96. The van der Waals surface area contributed by atoms with Crippen LogP contribution in [0.5, 0.6) is 0 Å². The minimum absolute atomic E-state index is 0.0727. The third-order valence-electron chi connectivity index (χ3n) is 5.10. The Kier molecular flexibility index (Phi) is 5.16. The summed E-state index contributed by atoms with van der Waals surface area (Å²) in [5, 5.41) is 1.01. The number of benzene rings is 2. The van der Waals surface area contributed by atoms with E-state index in [0.717, 1.165) is 22.3 Å². The Morgan fingerprint density at radius 1 is 1.04 bits per heavy atom. The Balaban J connectivity index is 1.39. The second-order valence-corrected chi connectivity index (χ2v) is 6.96. The molecular formula is C21H22FN5O. The van der Waals surface area contributed by atoms with Crippen molar-refractivity contribution in [1.29, 1.82) is 0 Å². The first kappa shape index (κ1) is 18.3. The Morgan fingerprint density at radius 2 is 1.75 bits per heavy atom. The van der Waals surface area contributed by atoms with E-state index in [-0.39, 0.29) is 11.7 Å². The number of anilines is 1. The molecule has 2 heterocycles. The van der Waals surface area contributed by atoms with Gasteiger partial charge < -0.3 is 15.5 Å². The Hall–Kier alpha value is -3.06. The zero-order valence-corrected chi connectivity index (χ0v) is 15.5. The molecule has 1 fully saturated rings. The number of carbonyl (C=O) groups is 1. The van der Waals surface area contributed by atoms with Crippen molar-refractivity contribution in [2.24, 2.45) is 5.73 Å². The van der Waals surface area contributed by atoms with E-state index in [1.807, 2.05) is 24.3 Å². The van der Waals surface area contributed by atoms with Gasteiger partial charge in [0.25, 0.3) is 0 Å². The molecule has 0 aliphatic carbocycles. The van der Waals surface area contributed by atoms with Crippen LogP contribution in [-0.4, -0.2) is 53.0 Å². The van der Waals surface area contributed by atoms with Gasteiger partial charge >= 0.3 is 0 Å². The van der Waals surface area contributed by atoms with E-state index in [1.165, 1.54) is 12.1 Å². The highest BCUT2D eigenvalue weighted by Gasteiger charge is 2.26. The van der Waals surface area contributed by atoms with Gasteiger partial charge in [0, 0.05) is 31.6 Å². The van der Waals surface area contributed by atoms with Gasteiger partial charge in [-0.25, -0.2) is 14.4 Å². The van der Waals surface area contributed by atoms with Crippen LogP contribution in [0.25, 0.3) is 10.9 Å². The lowest BCUT2D eigenvalue weighted by Gasteiger charge is -2.36. The van der Waals surface area contributed by atoms with Gasteiger partial charge in [0.1, 0.15) is 18.0 Å². The summed E-state index contributed by atoms with van der Waals surface area (Å²) in [6.07, 6.45) is 1.98. The van der Waals surface area contributed by atoms with Crippen molar-refractivity contribution in [3.63, 3.8) is 0 Å². The third-order valence-corrected chi connectivity index (χ3v) is 5.10. The fraction of sp³-hybridized carbons (Fsp3) is 0.286. The molecule has 7 heteroatoms. The van der Waals surface area contributed by atoms with Gasteiger partial charge in [0.2, 0.25) is 5.91 Å². The number of piperazine rings is 1. The minimum atomic E-state index is -0.628. The Morgan fingerprint density at radius 3 is 2.50 bits per heavy atom. The van der Waals surface area contributed by atoms with E-state index < -0.39 is 6.04 Å². The molecule has 1 aliphatic rings. The number of nitrogens with zero attached hydrogens (tertiary/aromatic N) is 4. The summed E-state index contributed by atoms with van der Waals surface area (Å²) in [6.45, 7) is 2.56. The molecule has 0 spiro atoms. The summed E-state index contributed by atoms with van der Waals surface area (Å²) in [7, 11) is 0.